The van der Waals surface area contributed by atoms with Crippen LogP contribution in [0.25, 0.3) is 0 Å². The van der Waals surface area contributed by atoms with E-state index in [4.69, 9.17) is 5.26 Å². The second-order valence-corrected chi connectivity index (χ2v) is 9.73. The molecule has 2 N–H and O–H groups in total. The molecule has 0 spiro atoms. The number of anilines is 2. The van der Waals surface area contributed by atoms with Crippen LogP contribution in [0.15, 0.2) is 72.9 Å². The molecule has 3 aliphatic heterocycles. The van der Waals surface area contributed by atoms with Gasteiger partial charge in [-0.3, -0.25) is 0 Å². The normalized spacial score (nSPS) is 25.8. The summed E-state index contributed by atoms with van der Waals surface area (Å²) in [6, 6.07) is 26.1. The fourth-order valence-electron chi connectivity index (χ4n) is 6.14. The molecule has 3 atom stereocenters. The van der Waals surface area contributed by atoms with E-state index < -0.39 is 0 Å². The number of nitrogens with zero attached hydrogens (tertiary/aromatic N) is 3. The Morgan fingerprint density at radius 3 is 2.64 bits per heavy atom. The van der Waals surface area contributed by atoms with Crippen LogP contribution in [0.3, 0.4) is 0 Å². The molecule has 4 aliphatic rings. The highest BCUT2D eigenvalue weighted by Gasteiger charge is 2.67. The molecular formula is C28H28N5+. The van der Waals surface area contributed by atoms with E-state index in [1.165, 1.54) is 11.1 Å². The van der Waals surface area contributed by atoms with E-state index >= 15 is 0 Å². The number of hydrogen-bond acceptors (Lipinski definition) is 4. The molecule has 5 nitrogen and oxygen atoms in total. The molecule has 2 bridgehead atoms. The maximum Gasteiger partial charge on any atom is 0.186 e. The fraction of sp³-hybridized carbons (Fsp3) is 0.321. The predicted molar refractivity (Wildman–Crippen MR) is 131 cm³/mol. The van der Waals surface area contributed by atoms with E-state index in [-0.39, 0.29) is 5.41 Å². The Labute approximate surface area is 194 Å². The van der Waals surface area contributed by atoms with Crippen molar-refractivity contribution < 1.29 is 4.58 Å². The lowest BCUT2D eigenvalue weighted by Gasteiger charge is -2.44. The van der Waals surface area contributed by atoms with Gasteiger partial charge in [0.05, 0.1) is 28.8 Å². The first-order valence-corrected chi connectivity index (χ1v) is 11.8. The Bertz CT molecular complexity index is 1250. The number of rotatable bonds is 5. The first-order valence-electron chi connectivity index (χ1n) is 11.8. The van der Waals surface area contributed by atoms with Crippen molar-refractivity contribution in [2.24, 2.45) is 5.41 Å². The van der Waals surface area contributed by atoms with Crippen molar-refractivity contribution in [3.05, 3.63) is 89.6 Å². The van der Waals surface area contributed by atoms with Gasteiger partial charge in [0, 0.05) is 37.1 Å². The molecule has 0 radical (unpaired) electrons. The maximum atomic E-state index is 9.13. The summed E-state index contributed by atoms with van der Waals surface area (Å²) in [4.78, 5) is 4.59. The number of fused-ring (bicyclic) bond motifs is 2. The van der Waals surface area contributed by atoms with Gasteiger partial charge < -0.3 is 10.6 Å². The first-order chi connectivity index (χ1) is 16.2. The fourth-order valence-corrected chi connectivity index (χ4v) is 6.14. The molecule has 164 valence electrons. The predicted octanol–water partition coefficient (Wildman–Crippen LogP) is 4.95. The van der Waals surface area contributed by atoms with Crippen LogP contribution in [0.4, 0.5) is 11.5 Å². The molecule has 5 heteroatoms. The topological polar surface area (TPSA) is 63.8 Å². The average molecular weight is 435 g/mol. The van der Waals surface area contributed by atoms with Gasteiger partial charge in [-0.1, -0.05) is 49.4 Å². The van der Waals surface area contributed by atoms with Gasteiger partial charge in [0.15, 0.2) is 11.8 Å². The Hall–Kier alpha value is -3.65. The van der Waals surface area contributed by atoms with Crippen LogP contribution in [0, 0.1) is 16.7 Å². The van der Waals surface area contributed by atoms with Crippen LogP contribution in [0.2, 0.25) is 0 Å². The van der Waals surface area contributed by atoms with Crippen molar-refractivity contribution in [3.8, 4) is 6.07 Å². The van der Waals surface area contributed by atoms with E-state index in [0.29, 0.717) is 18.0 Å². The smallest absolute Gasteiger partial charge is 0.186 e. The molecular weight excluding hydrogens is 406 g/mol. The van der Waals surface area contributed by atoms with Gasteiger partial charge in [-0.15, -0.1) is 0 Å². The molecule has 7 rings (SSSR count). The summed E-state index contributed by atoms with van der Waals surface area (Å²) in [6.07, 6.45) is 4.13. The van der Waals surface area contributed by atoms with Crippen molar-refractivity contribution in [2.45, 2.75) is 37.8 Å². The number of nitrogens with one attached hydrogen (secondary N) is 2. The van der Waals surface area contributed by atoms with Gasteiger partial charge in [-0.05, 0) is 29.8 Å². The van der Waals surface area contributed by atoms with E-state index in [1.54, 1.807) is 5.71 Å². The largest absolute Gasteiger partial charge is 0.380 e. The summed E-state index contributed by atoms with van der Waals surface area (Å²) in [5.41, 5.74) is 6.21. The lowest BCUT2D eigenvalue weighted by Crippen LogP contribution is -2.53. The Balaban J connectivity index is 1.31. The zero-order valence-corrected chi connectivity index (χ0v) is 18.8. The maximum absolute atomic E-state index is 9.13. The lowest BCUT2D eigenvalue weighted by atomic mass is 9.60. The zero-order valence-electron chi connectivity index (χ0n) is 18.8. The highest BCUT2D eigenvalue weighted by Crippen LogP contribution is 2.60. The molecule has 4 heterocycles. The molecule has 1 saturated carbocycles. The van der Waals surface area contributed by atoms with Crippen LogP contribution in [0.1, 0.15) is 48.4 Å². The molecule has 1 aromatic heterocycles. The van der Waals surface area contributed by atoms with Crippen LogP contribution in [0.5, 0.6) is 0 Å². The summed E-state index contributed by atoms with van der Waals surface area (Å²) in [5, 5.41) is 16.6. The van der Waals surface area contributed by atoms with Crippen molar-refractivity contribution in [3.63, 3.8) is 0 Å². The Morgan fingerprint density at radius 2 is 1.88 bits per heavy atom. The minimum absolute atomic E-state index is 0.156. The van der Waals surface area contributed by atoms with Gasteiger partial charge in [-0.25, -0.2) is 9.56 Å². The number of aromatic nitrogens is 1. The van der Waals surface area contributed by atoms with Crippen molar-refractivity contribution in [1.29, 1.82) is 5.26 Å². The highest BCUT2D eigenvalue weighted by atomic mass is 15.2. The molecule has 0 saturated heterocycles. The molecule has 3 aromatic rings. The molecule has 0 amide bonds. The minimum atomic E-state index is 0.156. The van der Waals surface area contributed by atoms with Gasteiger partial charge in [0.2, 0.25) is 0 Å². The summed E-state index contributed by atoms with van der Waals surface area (Å²) in [7, 11) is 0. The van der Waals surface area contributed by atoms with Crippen LogP contribution >= 0.6 is 0 Å². The van der Waals surface area contributed by atoms with E-state index in [9.17, 15) is 0 Å². The van der Waals surface area contributed by atoms with Gasteiger partial charge >= 0.3 is 0 Å². The monoisotopic (exact) mass is 434 g/mol. The third kappa shape index (κ3) is 3.21. The van der Waals surface area contributed by atoms with Gasteiger partial charge in [0.1, 0.15) is 12.4 Å². The van der Waals surface area contributed by atoms with Crippen molar-refractivity contribution in [1.82, 2.24) is 4.98 Å². The van der Waals surface area contributed by atoms with E-state index in [1.807, 2.05) is 24.4 Å². The average Bonchev–Trinajstić information content (AvgIpc) is 3.34. The quantitative estimate of drug-likeness (QED) is 0.558. The minimum Gasteiger partial charge on any atom is -0.380 e. The summed E-state index contributed by atoms with van der Waals surface area (Å²) in [6.45, 7) is 4.19. The third-order valence-electron chi connectivity index (χ3n) is 7.83. The third-order valence-corrected chi connectivity index (χ3v) is 7.83. The second kappa shape index (κ2) is 7.74. The first kappa shape index (κ1) is 20.0. The number of hydrogen-bond donors (Lipinski definition) is 2. The van der Waals surface area contributed by atoms with Crippen LogP contribution in [-0.2, 0) is 0 Å². The summed E-state index contributed by atoms with van der Waals surface area (Å²) < 4.78 is 2.67. The molecule has 0 unspecified atom stereocenters. The molecule has 2 aromatic carbocycles. The van der Waals surface area contributed by atoms with Crippen molar-refractivity contribution >= 4 is 17.2 Å². The number of nitriles is 1. The Morgan fingerprint density at radius 1 is 1.09 bits per heavy atom. The lowest BCUT2D eigenvalue weighted by molar-refractivity contribution is -0.570. The second-order valence-electron chi connectivity index (χ2n) is 9.73. The van der Waals surface area contributed by atoms with E-state index in [0.717, 1.165) is 43.0 Å². The van der Waals surface area contributed by atoms with Crippen LogP contribution in [-0.4, -0.2) is 34.4 Å². The van der Waals surface area contributed by atoms with Gasteiger partial charge in [0.25, 0.3) is 0 Å². The molecule has 33 heavy (non-hydrogen) atoms. The highest BCUT2D eigenvalue weighted by molar-refractivity contribution is 5.90. The molecule has 1 fully saturated rings. The van der Waals surface area contributed by atoms with E-state index in [2.05, 4.69) is 81.7 Å². The zero-order chi connectivity index (χ0) is 22.4. The van der Waals surface area contributed by atoms with Crippen LogP contribution < -0.4 is 10.6 Å². The summed E-state index contributed by atoms with van der Waals surface area (Å²) >= 11 is 0. The number of benzene rings is 2. The molecule has 1 aliphatic carbocycles. The summed E-state index contributed by atoms with van der Waals surface area (Å²) in [5.74, 6) is 1.35. The van der Waals surface area contributed by atoms with Gasteiger partial charge in [-0.2, -0.15) is 5.26 Å². The number of pyridine rings is 1. The SMILES string of the molecule is C[C@H](C[N+]1=C2CC([C@@H]3CNc4cccnc4N3)(C2)[C@@H]1c1ccccc1)c1ccc(C#N)cc1. The van der Waals surface area contributed by atoms with Crippen molar-refractivity contribution in [2.75, 3.05) is 23.7 Å². The standard InChI is InChI=1S/C28H28N5/c1-19(21-11-9-20(16-29)10-12-21)18-33-23-14-28(15-23,26(33)22-6-3-2-4-7-22)25-17-31-24-8-5-13-30-27(24)32-25/h2-13,19,25-26,31H,14-15,17-18H2,1H3,(H,30,32)/q+1/t19-,25+,26+/m1/s1. The Kier molecular flexibility index (Phi) is 4.69.